The summed E-state index contributed by atoms with van der Waals surface area (Å²) in [7, 11) is 0. The maximum Gasteiger partial charge on any atom is 0.139 e. The standard InChI is InChI=1S/C15H21N5O/c1(5-19-6-2-17-13-19)9-21-15-10-14(11-18-12-15)20-7-3-16-4-8-20/h2,6,10-13,16H,1,3-5,7-9H2. The second-order valence-corrected chi connectivity index (χ2v) is 5.12. The molecule has 0 radical (unpaired) electrons. The van der Waals surface area contributed by atoms with Gasteiger partial charge in [-0.2, -0.15) is 0 Å². The molecule has 1 saturated heterocycles. The van der Waals surface area contributed by atoms with Crippen LogP contribution in [-0.2, 0) is 6.54 Å². The number of aromatic nitrogens is 3. The van der Waals surface area contributed by atoms with Crippen LogP contribution >= 0.6 is 0 Å². The first-order chi connectivity index (χ1) is 10.4. The zero-order valence-corrected chi connectivity index (χ0v) is 12.1. The van der Waals surface area contributed by atoms with Crippen molar-refractivity contribution in [1.29, 1.82) is 0 Å². The maximum atomic E-state index is 5.80. The second kappa shape index (κ2) is 7.08. The van der Waals surface area contributed by atoms with Gasteiger partial charge in [0.15, 0.2) is 0 Å². The van der Waals surface area contributed by atoms with E-state index in [2.05, 4.69) is 30.8 Å². The summed E-state index contributed by atoms with van der Waals surface area (Å²) < 4.78 is 7.85. The molecular weight excluding hydrogens is 266 g/mol. The Balaban J connectivity index is 1.48. The van der Waals surface area contributed by atoms with Gasteiger partial charge in [0.25, 0.3) is 0 Å². The van der Waals surface area contributed by atoms with Crippen LogP contribution in [0.1, 0.15) is 6.42 Å². The third-order valence-electron chi connectivity index (χ3n) is 3.57. The molecule has 3 rings (SSSR count). The van der Waals surface area contributed by atoms with Crippen LogP contribution in [-0.4, -0.2) is 47.3 Å². The molecule has 1 N–H and O–H groups in total. The summed E-state index contributed by atoms with van der Waals surface area (Å²) in [5, 5.41) is 3.35. The number of anilines is 1. The lowest BCUT2D eigenvalue weighted by Crippen LogP contribution is -2.43. The van der Waals surface area contributed by atoms with Crippen LogP contribution in [0.5, 0.6) is 5.75 Å². The number of nitrogens with one attached hydrogen (secondary N) is 1. The number of ether oxygens (including phenoxy) is 1. The van der Waals surface area contributed by atoms with E-state index in [0.717, 1.165) is 50.6 Å². The van der Waals surface area contributed by atoms with E-state index in [-0.39, 0.29) is 0 Å². The molecule has 1 aliphatic rings. The largest absolute Gasteiger partial charge is 0.492 e. The smallest absolute Gasteiger partial charge is 0.139 e. The first kappa shape index (κ1) is 13.9. The molecule has 0 saturated carbocycles. The molecule has 2 aromatic rings. The van der Waals surface area contributed by atoms with E-state index in [4.69, 9.17) is 4.74 Å². The number of aryl methyl sites for hydroxylation is 1. The van der Waals surface area contributed by atoms with Crippen LogP contribution in [0.2, 0.25) is 0 Å². The van der Waals surface area contributed by atoms with Crippen molar-refractivity contribution >= 4 is 5.69 Å². The quantitative estimate of drug-likeness (QED) is 0.808. The molecule has 1 fully saturated rings. The van der Waals surface area contributed by atoms with Gasteiger partial charge in [0, 0.05) is 51.2 Å². The highest BCUT2D eigenvalue weighted by molar-refractivity contribution is 5.48. The highest BCUT2D eigenvalue weighted by Crippen LogP contribution is 2.19. The van der Waals surface area contributed by atoms with Crippen molar-refractivity contribution in [3.63, 3.8) is 0 Å². The van der Waals surface area contributed by atoms with Crippen LogP contribution in [0.3, 0.4) is 0 Å². The number of pyridine rings is 1. The highest BCUT2D eigenvalue weighted by atomic mass is 16.5. The summed E-state index contributed by atoms with van der Waals surface area (Å²) >= 11 is 0. The number of piperazine rings is 1. The second-order valence-electron chi connectivity index (χ2n) is 5.12. The number of hydrogen-bond acceptors (Lipinski definition) is 5. The fourth-order valence-electron chi connectivity index (χ4n) is 2.44. The molecule has 0 atom stereocenters. The maximum absolute atomic E-state index is 5.80. The van der Waals surface area contributed by atoms with Gasteiger partial charge >= 0.3 is 0 Å². The molecule has 112 valence electrons. The Morgan fingerprint density at radius 1 is 1.19 bits per heavy atom. The molecule has 0 aromatic carbocycles. The lowest BCUT2D eigenvalue weighted by atomic mass is 10.3. The lowest BCUT2D eigenvalue weighted by molar-refractivity contribution is 0.300. The van der Waals surface area contributed by atoms with E-state index in [1.54, 1.807) is 12.4 Å². The van der Waals surface area contributed by atoms with Crippen molar-refractivity contribution in [2.24, 2.45) is 0 Å². The van der Waals surface area contributed by atoms with Crippen molar-refractivity contribution < 1.29 is 4.74 Å². The molecule has 0 aliphatic carbocycles. The van der Waals surface area contributed by atoms with E-state index in [9.17, 15) is 0 Å². The van der Waals surface area contributed by atoms with Crippen molar-refractivity contribution in [2.45, 2.75) is 13.0 Å². The SMILES string of the molecule is c1cn(CCCOc2cncc(N3CCNCC3)c2)cn1. The first-order valence-corrected chi connectivity index (χ1v) is 7.41. The van der Waals surface area contributed by atoms with Crippen molar-refractivity contribution in [1.82, 2.24) is 19.9 Å². The van der Waals surface area contributed by atoms with E-state index < -0.39 is 0 Å². The number of nitrogens with zero attached hydrogens (tertiary/aromatic N) is 4. The van der Waals surface area contributed by atoms with Crippen LogP contribution in [0.25, 0.3) is 0 Å². The van der Waals surface area contributed by atoms with Crippen LogP contribution in [0.15, 0.2) is 37.2 Å². The van der Waals surface area contributed by atoms with Gasteiger partial charge in [0.2, 0.25) is 0 Å². The van der Waals surface area contributed by atoms with Crippen LogP contribution in [0, 0.1) is 0 Å². The molecule has 0 bridgehead atoms. The van der Waals surface area contributed by atoms with Gasteiger partial charge in [-0.1, -0.05) is 0 Å². The summed E-state index contributed by atoms with van der Waals surface area (Å²) in [6, 6.07) is 2.08. The molecule has 0 spiro atoms. The van der Waals surface area contributed by atoms with Gasteiger partial charge in [-0.15, -0.1) is 0 Å². The summed E-state index contributed by atoms with van der Waals surface area (Å²) in [6.45, 7) is 5.69. The van der Waals surface area contributed by atoms with Crippen molar-refractivity contribution in [3.05, 3.63) is 37.2 Å². The van der Waals surface area contributed by atoms with Gasteiger partial charge in [-0.3, -0.25) is 4.98 Å². The Labute approximate surface area is 124 Å². The Bertz CT molecular complexity index is 537. The Hall–Kier alpha value is -2.08. The molecule has 0 amide bonds. The predicted octanol–water partition coefficient (Wildman–Crippen LogP) is 1.16. The third kappa shape index (κ3) is 3.95. The minimum Gasteiger partial charge on any atom is -0.492 e. The van der Waals surface area contributed by atoms with E-state index in [1.165, 1.54) is 0 Å². The Kier molecular flexibility index (Phi) is 4.68. The molecule has 2 aromatic heterocycles. The van der Waals surface area contributed by atoms with Crippen molar-refractivity contribution in [2.75, 3.05) is 37.7 Å². The summed E-state index contributed by atoms with van der Waals surface area (Å²) in [5.74, 6) is 0.844. The number of imidazole rings is 1. The predicted molar refractivity (Wildman–Crippen MR) is 81.7 cm³/mol. The fraction of sp³-hybridized carbons (Fsp3) is 0.467. The third-order valence-corrected chi connectivity index (χ3v) is 3.57. The molecule has 6 nitrogen and oxygen atoms in total. The topological polar surface area (TPSA) is 55.2 Å². The minimum absolute atomic E-state index is 0.685. The van der Waals surface area contributed by atoms with Crippen LogP contribution in [0.4, 0.5) is 5.69 Å². The zero-order valence-electron chi connectivity index (χ0n) is 12.1. The first-order valence-electron chi connectivity index (χ1n) is 7.41. The average molecular weight is 287 g/mol. The fourth-order valence-corrected chi connectivity index (χ4v) is 2.44. The van der Waals surface area contributed by atoms with Gasteiger partial charge in [-0.05, 0) is 6.42 Å². The average Bonchev–Trinajstić information content (AvgIpc) is 3.06. The van der Waals surface area contributed by atoms with Gasteiger partial charge in [0.05, 0.1) is 31.0 Å². The molecule has 21 heavy (non-hydrogen) atoms. The minimum atomic E-state index is 0.685. The molecular formula is C15H21N5O. The Morgan fingerprint density at radius 2 is 2.10 bits per heavy atom. The molecule has 6 heteroatoms. The summed E-state index contributed by atoms with van der Waals surface area (Å²) in [5.41, 5.74) is 1.14. The van der Waals surface area contributed by atoms with Crippen molar-refractivity contribution in [3.8, 4) is 5.75 Å². The normalized spacial score (nSPS) is 15.1. The summed E-state index contributed by atoms with van der Waals surface area (Å²) in [6.07, 6.45) is 10.2. The zero-order chi connectivity index (χ0) is 14.3. The molecule has 1 aliphatic heterocycles. The number of rotatable bonds is 6. The summed E-state index contributed by atoms with van der Waals surface area (Å²) in [4.78, 5) is 10.6. The lowest BCUT2D eigenvalue weighted by Gasteiger charge is -2.29. The molecule has 0 unspecified atom stereocenters. The van der Waals surface area contributed by atoms with E-state index >= 15 is 0 Å². The van der Waals surface area contributed by atoms with E-state index in [1.807, 2.05) is 18.7 Å². The van der Waals surface area contributed by atoms with Crippen LogP contribution < -0.4 is 15.0 Å². The van der Waals surface area contributed by atoms with Gasteiger partial charge < -0.3 is 19.5 Å². The van der Waals surface area contributed by atoms with Gasteiger partial charge in [-0.25, -0.2) is 4.98 Å². The highest BCUT2D eigenvalue weighted by Gasteiger charge is 2.11. The Morgan fingerprint density at radius 3 is 2.90 bits per heavy atom. The molecule has 3 heterocycles. The van der Waals surface area contributed by atoms with E-state index in [0.29, 0.717) is 6.61 Å². The number of hydrogen-bond donors (Lipinski definition) is 1. The van der Waals surface area contributed by atoms with Gasteiger partial charge in [0.1, 0.15) is 5.75 Å². The monoisotopic (exact) mass is 287 g/mol.